The maximum absolute atomic E-state index is 12.9. The van der Waals surface area contributed by atoms with Gasteiger partial charge < -0.3 is 9.08 Å². The first kappa shape index (κ1) is 21.0. The van der Waals surface area contributed by atoms with Crippen molar-refractivity contribution in [3.8, 4) is 5.75 Å². The molecule has 0 saturated carbocycles. The molecule has 6 heteroatoms. The lowest BCUT2D eigenvalue weighted by Crippen LogP contribution is -2.33. The highest BCUT2D eigenvalue weighted by Crippen LogP contribution is 2.18. The van der Waals surface area contributed by atoms with Crippen LogP contribution in [0.2, 0.25) is 0 Å². The molecule has 2 aromatic carbocycles. The Bertz CT molecular complexity index is 856. The van der Waals surface area contributed by atoms with Crippen LogP contribution in [0, 0.1) is 12.8 Å². The molecule has 5 nitrogen and oxygen atoms in total. The van der Waals surface area contributed by atoms with Gasteiger partial charge in [0.15, 0.2) is 0 Å². The van der Waals surface area contributed by atoms with E-state index in [1.54, 1.807) is 24.3 Å². The van der Waals surface area contributed by atoms with Crippen LogP contribution in [0.15, 0.2) is 48.5 Å². The van der Waals surface area contributed by atoms with Crippen molar-refractivity contribution in [3.05, 3.63) is 65.2 Å². The fraction of sp³-hybridized carbons (Fsp3) is 0.381. The van der Waals surface area contributed by atoms with E-state index >= 15 is 0 Å². The normalized spacial score (nSPS) is 11.4. The second-order valence-corrected chi connectivity index (χ2v) is 8.88. The van der Waals surface area contributed by atoms with Crippen LogP contribution in [-0.2, 0) is 16.7 Å². The number of hydrogen-bond donors (Lipinski definition) is 0. The molecule has 0 aliphatic rings. The molecule has 2 rings (SSSR count). The average molecular weight is 390 g/mol. The molecule has 27 heavy (non-hydrogen) atoms. The van der Waals surface area contributed by atoms with Crippen LogP contribution in [0.1, 0.15) is 42.3 Å². The van der Waals surface area contributed by atoms with Crippen molar-refractivity contribution in [2.45, 2.75) is 34.2 Å². The predicted octanol–water partition coefficient (Wildman–Crippen LogP) is 4.02. The van der Waals surface area contributed by atoms with Gasteiger partial charge in [-0.15, -0.1) is 0 Å². The maximum atomic E-state index is 12.9. The molecule has 0 aromatic heterocycles. The molecule has 0 saturated heterocycles. The highest BCUT2D eigenvalue weighted by molar-refractivity contribution is 7.87. The number of carbonyl (C=O) groups excluding carboxylic acids is 1. The van der Waals surface area contributed by atoms with E-state index in [0.29, 0.717) is 24.6 Å². The first-order chi connectivity index (χ1) is 12.7. The Labute approximate surface area is 162 Å². The van der Waals surface area contributed by atoms with Gasteiger partial charge in [0.2, 0.25) is 0 Å². The fourth-order valence-electron chi connectivity index (χ4n) is 2.62. The third-order valence-electron chi connectivity index (χ3n) is 4.04. The molecule has 0 bridgehead atoms. The van der Waals surface area contributed by atoms with Gasteiger partial charge in [0.05, 0.1) is 5.75 Å². The van der Waals surface area contributed by atoms with Crippen LogP contribution in [0.4, 0.5) is 0 Å². The van der Waals surface area contributed by atoms with Crippen molar-refractivity contribution in [1.29, 1.82) is 0 Å². The van der Waals surface area contributed by atoms with Crippen molar-refractivity contribution in [1.82, 2.24) is 4.90 Å². The molecular weight excluding hydrogens is 362 g/mol. The fourth-order valence-corrected chi connectivity index (χ4v) is 3.14. The number of carbonyl (C=O) groups is 1. The molecule has 0 fully saturated rings. The maximum Gasteiger partial charge on any atom is 0.308 e. The number of amides is 1. The highest BCUT2D eigenvalue weighted by Gasteiger charge is 2.17. The van der Waals surface area contributed by atoms with Crippen LogP contribution >= 0.6 is 0 Å². The largest absolute Gasteiger partial charge is 0.382 e. The van der Waals surface area contributed by atoms with Gasteiger partial charge in [-0.1, -0.05) is 43.7 Å². The van der Waals surface area contributed by atoms with Gasteiger partial charge in [-0.05, 0) is 49.6 Å². The lowest BCUT2D eigenvalue weighted by molar-refractivity contribution is 0.0722. The summed E-state index contributed by atoms with van der Waals surface area (Å²) in [5.41, 5.74) is 2.69. The zero-order chi connectivity index (χ0) is 20.0. The molecule has 1 amide bonds. The van der Waals surface area contributed by atoms with E-state index in [4.69, 9.17) is 4.18 Å². The van der Waals surface area contributed by atoms with Gasteiger partial charge in [-0.3, -0.25) is 4.79 Å². The molecule has 0 aliphatic carbocycles. The first-order valence-electron chi connectivity index (χ1n) is 9.07. The minimum absolute atomic E-state index is 0.0161. The SMILES string of the molecule is CCS(=O)(=O)Oc1ccc(CN(CC(C)C)C(=O)c2ccc(C)cc2)cc1. The third kappa shape index (κ3) is 6.40. The van der Waals surface area contributed by atoms with E-state index in [0.717, 1.165) is 11.1 Å². The van der Waals surface area contributed by atoms with Crippen molar-refractivity contribution < 1.29 is 17.4 Å². The van der Waals surface area contributed by atoms with E-state index in [-0.39, 0.29) is 17.4 Å². The smallest absolute Gasteiger partial charge is 0.308 e. The quantitative estimate of drug-likeness (QED) is 0.640. The summed E-state index contributed by atoms with van der Waals surface area (Å²) in [5.74, 6) is 0.511. The molecule has 0 radical (unpaired) electrons. The van der Waals surface area contributed by atoms with Gasteiger partial charge in [-0.2, -0.15) is 8.42 Å². The molecule has 0 N–H and O–H groups in total. The van der Waals surface area contributed by atoms with Crippen LogP contribution < -0.4 is 4.18 Å². The van der Waals surface area contributed by atoms with Crippen molar-refractivity contribution in [2.24, 2.45) is 5.92 Å². The lowest BCUT2D eigenvalue weighted by Gasteiger charge is -2.25. The molecule has 0 atom stereocenters. The van der Waals surface area contributed by atoms with Crippen molar-refractivity contribution >= 4 is 16.0 Å². The topological polar surface area (TPSA) is 63.7 Å². The van der Waals surface area contributed by atoms with Gasteiger partial charge >= 0.3 is 10.1 Å². The molecule has 2 aromatic rings. The Morgan fingerprint density at radius 1 is 1.04 bits per heavy atom. The van der Waals surface area contributed by atoms with Gasteiger partial charge in [0, 0.05) is 18.7 Å². The number of benzene rings is 2. The number of aryl methyl sites for hydroxylation is 1. The minimum Gasteiger partial charge on any atom is -0.382 e. The molecule has 146 valence electrons. The Balaban J connectivity index is 2.15. The minimum atomic E-state index is -3.54. The summed E-state index contributed by atoms with van der Waals surface area (Å²) in [6.45, 7) is 8.75. The van der Waals surface area contributed by atoms with Crippen molar-refractivity contribution in [2.75, 3.05) is 12.3 Å². The molecular formula is C21H27NO4S. The average Bonchev–Trinajstić information content (AvgIpc) is 2.62. The summed E-state index contributed by atoms with van der Waals surface area (Å²) in [7, 11) is -3.54. The summed E-state index contributed by atoms with van der Waals surface area (Å²) in [6.07, 6.45) is 0. The Hall–Kier alpha value is -2.34. The van der Waals surface area contributed by atoms with Gasteiger partial charge in [0.25, 0.3) is 5.91 Å². The first-order valence-corrected chi connectivity index (χ1v) is 10.6. The van der Waals surface area contributed by atoms with E-state index in [9.17, 15) is 13.2 Å². The van der Waals surface area contributed by atoms with E-state index in [1.807, 2.05) is 36.1 Å². The molecule has 0 spiro atoms. The zero-order valence-electron chi connectivity index (χ0n) is 16.3. The molecule has 0 unspecified atom stereocenters. The lowest BCUT2D eigenvalue weighted by atomic mass is 10.1. The summed E-state index contributed by atoms with van der Waals surface area (Å²) < 4.78 is 28.1. The van der Waals surface area contributed by atoms with E-state index < -0.39 is 10.1 Å². The third-order valence-corrected chi connectivity index (χ3v) is 5.20. The monoisotopic (exact) mass is 389 g/mol. The summed E-state index contributed by atoms with van der Waals surface area (Å²) in [6, 6.07) is 14.4. The Morgan fingerprint density at radius 3 is 2.15 bits per heavy atom. The second kappa shape index (κ2) is 9.04. The Morgan fingerprint density at radius 2 is 1.63 bits per heavy atom. The summed E-state index contributed by atoms with van der Waals surface area (Å²) in [4.78, 5) is 14.7. The van der Waals surface area contributed by atoms with Crippen LogP contribution in [0.5, 0.6) is 5.75 Å². The summed E-state index contributed by atoms with van der Waals surface area (Å²) >= 11 is 0. The molecule has 0 aliphatic heterocycles. The van der Waals surface area contributed by atoms with E-state index in [1.165, 1.54) is 6.92 Å². The van der Waals surface area contributed by atoms with Crippen molar-refractivity contribution in [3.63, 3.8) is 0 Å². The zero-order valence-corrected chi connectivity index (χ0v) is 17.1. The molecule has 0 heterocycles. The van der Waals surface area contributed by atoms with Crippen LogP contribution in [0.3, 0.4) is 0 Å². The van der Waals surface area contributed by atoms with Crippen LogP contribution in [0.25, 0.3) is 0 Å². The number of rotatable bonds is 8. The second-order valence-electron chi connectivity index (χ2n) is 7.02. The van der Waals surface area contributed by atoms with Gasteiger partial charge in [-0.25, -0.2) is 0 Å². The van der Waals surface area contributed by atoms with Gasteiger partial charge in [0.1, 0.15) is 5.75 Å². The number of hydrogen-bond acceptors (Lipinski definition) is 4. The predicted molar refractivity (Wildman–Crippen MR) is 107 cm³/mol. The van der Waals surface area contributed by atoms with Crippen LogP contribution in [-0.4, -0.2) is 31.5 Å². The highest BCUT2D eigenvalue weighted by atomic mass is 32.2. The van der Waals surface area contributed by atoms with E-state index in [2.05, 4.69) is 13.8 Å². The summed E-state index contributed by atoms with van der Waals surface area (Å²) in [5, 5.41) is 0. The number of nitrogens with zero attached hydrogens (tertiary/aromatic N) is 1. The Kier molecular flexibility index (Phi) is 7.02. The standard InChI is InChI=1S/C21H27NO4S/c1-5-27(24,25)26-20-12-8-18(9-13-20)15-22(14-16(2)3)21(23)19-10-6-17(4)7-11-19/h6-13,16H,5,14-15H2,1-4H3.